The molecule has 0 aliphatic carbocycles. The lowest BCUT2D eigenvalue weighted by molar-refractivity contribution is 0.246. The Labute approximate surface area is 131 Å². The van der Waals surface area contributed by atoms with Gasteiger partial charge in [-0.1, -0.05) is 5.16 Å². The third-order valence-corrected chi connectivity index (χ3v) is 4.08. The van der Waals surface area contributed by atoms with Crippen LogP contribution >= 0.6 is 0 Å². The van der Waals surface area contributed by atoms with Gasteiger partial charge >= 0.3 is 0 Å². The summed E-state index contributed by atoms with van der Waals surface area (Å²) in [6, 6.07) is 4.20. The smallest absolute Gasteiger partial charge is 0.223 e. The van der Waals surface area contributed by atoms with E-state index in [1.165, 1.54) is 12.0 Å². The highest BCUT2D eigenvalue weighted by Crippen LogP contribution is 2.08. The van der Waals surface area contributed by atoms with E-state index in [2.05, 4.69) is 37.1 Å². The molecule has 0 aromatic carbocycles. The molecule has 1 aliphatic rings. The molecule has 6 heteroatoms. The van der Waals surface area contributed by atoms with E-state index in [0.29, 0.717) is 5.89 Å². The summed E-state index contributed by atoms with van der Waals surface area (Å²) in [4.78, 5) is 13.3. The van der Waals surface area contributed by atoms with Crippen LogP contribution in [0.2, 0.25) is 0 Å². The normalized spacial score (nSPS) is 17.5. The molecule has 1 aliphatic heterocycles. The molecule has 2 aromatic rings. The third-order valence-electron chi connectivity index (χ3n) is 4.08. The second-order valence-electron chi connectivity index (χ2n) is 5.81. The second-order valence-corrected chi connectivity index (χ2v) is 5.81. The molecule has 0 bridgehead atoms. The van der Waals surface area contributed by atoms with Crippen molar-refractivity contribution in [2.45, 2.75) is 26.3 Å². The zero-order chi connectivity index (χ0) is 15.2. The van der Waals surface area contributed by atoms with Gasteiger partial charge in [0.25, 0.3) is 0 Å². The fourth-order valence-electron chi connectivity index (χ4n) is 2.85. The van der Waals surface area contributed by atoms with Crippen LogP contribution in [0.1, 0.15) is 23.7 Å². The molecule has 0 unspecified atom stereocenters. The van der Waals surface area contributed by atoms with Crippen LogP contribution in [0.5, 0.6) is 0 Å². The Hall–Kier alpha value is -1.79. The highest BCUT2D eigenvalue weighted by molar-refractivity contribution is 5.09. The first-order chi connectivity index (χ1) is 10.8. The van der Waals surface area contributed by atoms with Gasteiger partial charge in [-0.2, -0.15) is 4.98 Å². The van der Waals surface area contributed by atoms with Crippen LogP contribution in [0.4, 0.5) is 0 Å². The van der Waals surface area contributed by atoms with E-state index in [0.717, 1.165) is 51.5 Å². The number of pyridine rings is 1. The molecule has 1 saturated heterocycles. The monoisotopic (exact) mass is 301 g/mol. The molecule has 22 heavy (non-hydrogen) atoms. The Bertz CT molecular complexity index is 571. The Morgan fingerprint density at radius 3 is 2.64 bits per heavy atom. The van der Waals surface area contributed by atoms with E-state index >= 15 is 0 Å². The Balaban J connectivity index is 1.45. The first kappa shape index (κ1) is 15.1. The summed E-state index contributed by atoms with van der Waals surface area (Å²) in [6.45, 7) is 8.15. The molecular formula is C16H23N5O. The lowest BCUT2D eigenvalue weighted by atomic mass is 10.2. The largest absolute Gasteiger partial charge is 0.340 e. The van der Waals surface area contributed by atoms with Crippen LogP contribution in [0.25, 0.3) is 0 Å². The van der Waals surface area contributed by atoms with Gasteiger partial charge in [0.15, 0.2) is 5.82 Å². The maximum atomic E-state index is 5.04. The lowest BCUT2D eigenvalue weighted by Crippen LogP contribution is -2.32. The molecule has 0 spiro atoms. The Morgan fingerprint density at radius 2 is 1.86 bits per heavy atom. The minimum absolute atomic E-state index is 0.642. The molecule has 0 saturated carbocycles. The molecule has 3 rings (SSSR count). The maximum absolute atomic E-state index is 5.04. The van der Waals surface area contributed by atoms with Crippen LogP contribution in [-0.2, 0) is 13.0 Å². The van der Waals surface area contributed by atoms with Crippen molar-refractivity contribution in [2.75, 3.05) is 32.7 Å². The summed E-state index contributed by atoms with van der Waals surface area (Å²) >= 11 is 0. The van der Waals surface area contributed by atoms with Gasteiger partial charge in [-0.25, -0.2) is 0 Å². The van der Waals surface area contributed by atoms with Crippen molar-refractivity contribution in [3.05, 3.63) is 41.8 Å². The van der Waals surface area contributed by atoms with Crippen LogP contribution < -0.4 is 0 Å². The van der Waals surface area contributed by atoms with E-state index in [-0.39, 0.29) is 0 Å². The predicted molar refractivity (Wildman–Crippen MR) is 83.3 cm³/mol. The topological polar surface area (TPSA) is 58.3 Å². The minimum atomic E-state index is 0.642. The van der Waals surface area contributed by atoms with E-state index in [9.17, 15) is 0 Å². The third kappa shape index (κ3) is 4.35. The molecule has 3 heterocycles. The molecule has 2 aromatic heterocycles. The molecule has 0 amide bonds. The number of aromatic nitrogens is 3. The number of rotatable bonds is 5. The molecule has 118 valence electrons. The zero-order valence-electron chi connectivity index (χ0n) is 13.1. The summed E-state index contributed by atoms with van der Waals surface area (Å²) in [6.07, 6.45) is 6.01. The van der Waals surface area contributed by atoms with Crippen molar-refractivity contribution in [1.82, 2.24) is 24.9 Å². The number of hydrogen-bond donors (Lipinski definition) is 0. The van der Waals surface area contributed by atoms with Crippen LogP contribution in [0, 0.1) is 6.92 Å². The molecular weight excluding hydrogens is 278 g/mol. The van der Waals surface area contributed by atoms with Gasteiger partial charge in [0.05, 0.1) is 6.54 Å². The summed E-state index contributed by atoms with van der Waals surface area (Å²) in [7, 11) is 0. The quantitative estimate of drug-likeness (QED) is 0.834. The van der Waals surface area contributed by atoms with Crippen LogP contribution in [-0.4, -0.2) is 57.6 Å². The molecule has 0 atom stereocenters. The number of hydrogen-bond acceptors (Lipinski definition) is 6. The summed E-state index contributed by atoms with van der Waals surface area (Å²) < 4.78 is 5.04. The van der Waals surface area contributed by atoms with Crippen LogP contribution in [0.15, 0.2) is 29.0 Å². The van der Waals surface area contributed by atoms with E-state index < -0.39 is 0 Å². The number of aryl methyl sites for hydroxylation is 1. The van der Waals surface area contributed by atoms with Gasteiger partial charge in [0.1, 0.15) is 0 Å². The SMILES string of the molecule is Cc1nc(CN2CCCN(CCc3ccncc3)CC2)no1. The fraction of sp³-hybridized carbons (Fsp3) is 0.562. The van der Waals surface area contributed by atoms with Crippen molar-refractivity contribution >= 4 is 0 Å². The minimum Gasteiger partial charge on any atom is -0.340 e. The maximum Gasteiger partial charge on any atom is 0.223 e. The Morgan fingerprint density at radius 1 is 1.09 bits per heavy atom. The molecule has 1 fully saturated rings. The van der Waals surface area contributed by atoms with E-state index in [1.54, 1.807) is 0 Å². The van der Waals surface area contributed by atoms with Gasteiger partial charge < -0.3 is 9.42 Å². The lowest BCUT2D eigenvalue weighted by Gasteiger charge is -2.20. The average molecular weight is 301 g/mol. The zero-order valence-corrected chi connectivity index (χ0v) is 13.1. The average Bonchev–Trinajstić information content (AvgIpc) is 2.81. The van der Waals surface area contributed by atoms with Crippen molar-refractivity contribution < 1.29 is 4.52 Å². The van der Waals surface area contributed by atoms with Crippen molar-refractivity contribution in [1.29, 1.82) is 0 Å². The molecule has 0 N–H and O–H groups in total. The fourth-order valence-corrected chi connectivity index (χ4v) is 2.85. The van der Waals surface area contributed by atoms with Gasteiger partial charge in [-0.05, 0) is 43.6 Å². The van der Waals surface area contributed by atoms with Gasteiger partial charge in [0.2, 0.25) is 5.89 Å². The van der Waals surface area contributed by atoms with Crippen LogP contribution in [0.3, 0.4) is 0 Å². The summed E-state index contributed by atoms with van der Waals surface area (Å²) in [5.74, 6) is 1.44. The standard InChI is InChI=1S/C16H23N5O/c1-14-18-16(19-22-14)13-21-9-2-8-20(11-12-21)10-5-15-3-6-17-7-4-15/h3-4,6-7H,2,5,8-13H2,1H3. The second kappa shape index (κ2) is 7.47. The van der Waals surface area contributed by atoms with Crippen molar-refractivity contribution in [2.24, 2.45) is 0 Å². The first-order valence-electron chi connectivity index (χ1n) is 7.92. The van der Waals surface area contributed by atoms with Gasteiger partial charge in [-0.3, -0.25) is 9.88 Å². The predicted octanol–water partition coefficient (Wildman–Crippen LogP) is 1.52. The highest BCUT2D eigenvalue weighted by atomic mass is 16.5. The Kier molecular flexibility index (Phi) is 5.13. The van der Waals surface area contributed by atoms with Crippen molar-refractivity contribution in [3.63, 3.8) is 0 Å². The number of nitrogens with zero attached hydrogens (tertiary/aromatic N) is 5. The molecule has 0 radical (unpaired) electrons. The van der Waals surface area contributed by atoms with Gasteiger partial charge in [-0.15, -0.1) is 0 Å². The summed E-state index contributed by atoms with van der Waals surface area (Å²) in [5, 5.41) is 3.99. The van der Waals surface area contributed by atoms with Gasteiger partial charge in [0, 0.05) is 39.0 Å². The van der Waals surface area contributed by atoms with E-state index in [4.69, 9.17) is 4.52 Å². The first-order valence-corrected chi connectivity index (χ1v) is 7.92. The van der Waals surface area contributed by atoms with Crippen molar-refractivity contribution in [3.8, 4) is 0 Å². The molecule has 6 nitrogen and oxygen atoms in total. The summed E-state index contributed by atoms with van der Waals surface area (Å²) in [5.41, 5.74) is 1.36. The highest BCUT2D eigenvalue weighted by Gasteiger charge is 2.16. The van der Waals surface area contributed by atoms with E-state index in [1.807, 2.05) is 19.3 Å².